The normalized spacial score (nSPS) is 10.9. The van der Waals surface area contributed by atoms with Gasteiger partial charge in [-0.05, 0) is 74.0 Å². The predicted molar refractivity (Wildman–Crippen MR) is 132 cm³/mol. The Morgan fingerprint density at radius 3 is 2.35 bits per heavy atom. The minimum absolute atomic E-state index is 0.166. The molecular formula is C27H23N5O2. The highest BCUT2D eigenvalue weighted by Crippen LogP contribution is 2.24. The molecule has 0 aliphatic rings. The average molecular weight is 450 g/mol. The summed E-state index contributed by atoms with van der Waals surface area (Å²) in [4.78, 5) is 21.6. The highest BCUT2D eigenvalue weighted by atomic mass is 16.5. The Balaban J connectivity index is 1.30. The number of ether oxygens (including phenoxy) is 1. The largest absolute Gasteiger partial charge is 0.439 e. The highest BCUT2D eigenvalue weighted by Gasteiger charge is 2.11. The molecule has 1 N–H and O–H groups in total. The van der Waals surface area contributed by atoms with Crippen molar-refractivity contribution in [2.75, 3.05) is 5.32 Å². The maximum absolute atomic E-state index is 12.7. The van der Waals surface area contributed by atoms with Crippen molar-refractivity contribution in [2.24, 2.45) is 0 Å². The van der Waals surface area contributed by atoms with Crippen LogP contribution < -0.4 is 10.1 Å². The molecule has 0 spiro atoms. The lowest BCUT2D eigenvalue weighted by molar-refractivity contribution is 0.102. The van der Waals surface area contributed by atoms with Gasteiger partial charge in [-0.25, -0.2) is 9.67 Å². The Morgan fingerprint density at radius 2 is 1.62 bits per heavy atom. The number of hydrogen-bond donors (Lipinski definition) is 1. The zero-order chi connectivity index (χ0) is 23.7. The number of nitrogens with one attached hydrogen (secondary N) is 1. The van der Waals surface area contributed by atoms with E-state index < -0.39 is 0 Å². The minimum atomic E-state index is -0.166. The van der Waals surface area contributed by atoms with E-state index in [0.717, 1.165) is 22.2 Å². The second kappa shape index (κ2) is 8.78. The van der Waals surface area contributed by atoms with Gasteiger partial charge in [-0.3, -0.25) is 4.79 Å². The number of aromatic nitrogens is 4. The number of amides is 1. The number of fused-ring (bicyclic) bond motifs is 1. The van der Waals surface area contributed by atoms with Gasteiger partial charge < -0.3 is 10.1 Å². The number of carbonyl (C=O) groups is 1. The van der Waals surface area contributed by atoms with E-state index in [1.54, 1.807) is 35.0 Å². The van der Waals surface area contributed by atoms with Gasteiger partial charge in [0.2, 0.25) is 5.88 Å². The summed E-state index contributed by atoms with van der Waals surface area (Å²) in [6.45, 7) is 5.73. The molecule has 2 aromatic heterocycles. The molecule has 0 bridgehead atoms. The van der Waals surface area contributed by atoms with Crippen molar-refractivity contribution in [3.8, 4) is 17.4 Å². The molecule has 0 radical (unpaired) electrons. The third-order valence-corrected chi connectivity index (χ3v) is 5.37. The van der Waals surface area contributed by atoms with Crippen LogP contribution in [0.15, 0.2) is 78.9 Å². The SMILES string of the molecule is Cc1cc(C)n(-c2cc(Oc3ccc(NC(=O)c4ccc5ccccc5c4)cc3)nc(C)n2)n1. The zero-order valence-electron chi connectivity index (χ0n) is 19.1. The van der Waals surface area contributed by atoms with Crippen LogP contribution >= 0.6 is 0 Å². The summed E-state index contributed by atoms with van der Waals surface area (Å²) in [5.41, 5.74) is 3.17. The molecule has 0 saturated heterocycles. The maximum Gasteiger partial charge on any atom is 0.255 e. The molecule has 7 nitrogen and oxygen atoms in total. The molecule has 0 fully saturated rings. The molecule has 3 aromatic carbocycles. The lowest BCUT2D eigenvalue weighted by atomic mass is 10.1. The Bertz CT molecular complexity index is 1510. The minimum Gasteiger partial charge on any atom is -0.439 e. The van der Waals surface area contributed by atoms with Gasteiger partial charge in [0.1, 0.15) is 11.6 Å². The molecule has 1 amide bonds. The molecule has 0 atom stereocenters. The van der Waals surface area contributed by atoms with Crippen molar-refractivity contribution in [1.29, 1.82) is 0 Å². The standard InChI is InChI=1S/C27H23N5O2/c1-17-14-18(2)32(31-17)25-16-26(29-19(3)28-25)34-24-12-10-23(11-13-24)30-27(33)22-9-8-20-6-4-5-7-21(20)15-22/h4-16H,1-3H3,(H,30,33). The van der Waals surface area contributed by atoms with Crippen molar-refractivity contribution in [1.82, 2.24) is 19.7 Å². The van der Waals surface area contributed by atoms with Gasteiger partial charge in [0.05, 0.1) is 5.69 Å². The van der Waals surface area contributed by atoms with Crippen molar-refractivity contribution >= 4 is 22.4 Å². The smallest absolute Gasteiger partial charge is 0.255 e. The van der Waals surface area contributed by atoms with Crippen molar-refractivity contribution < 1.29 is 9.53 Å². The van der Waals surface area contributed by atoms with Crippen molar-refractivity contribution in [3.63, 3.8) is 0 Å². The van der Waals surface area contributed by atoms with Gasteiger partial charge in [-0.15, -0.1) is 0 Å². The molecular weight excluding hydrogens is 426 g/mol. The quantitative estimate of drug-likeness (QED) is 0.367. The van der Waals surface area contributed by atoms with E-state index in [9.17, 15) is 4.79 Å². The first kappa shape index (κ1) is 21.3. The van der Waals surface area contributed by atoms with Crippen LogP contribution in [-0.2, 0) is 0 Å². The summed E-state index contributed by atoms with van der Waals surface area (Å²) in [5, 5.41) is 9.54. The fourth-order valence-corrected chi connectivity index (χ4v) is 3.81. The van der Waals surface area contributed by atoms with Crippen molar-refractivity contribution in [2.45, 2.75) is 20.8 Å². The van der Waals surface area contributed by atoms with E-state index in [1.165, 1.54) is 0 Å². The van der Waals surface area contributed by atoms with Gasteiger partial charge in [-0.1, -0.05) is 30.3 Å². The molecule has 2 heterocycles. The summed E-state index contributed by atoms with van der Waals surface area (Å²) in [7, 11) is 0. The average Bonchev–Trinajstić information content (AvgIpc) is 3.17. The Morgan fingerprint density at radius 1 is 0.853 bits per heavy atom. The lowest BCUT2D eigenvalue weighted by Gasteiger charge is -2.10. The highest BCUT2D eigenvalue weighted by molar-refractivity contribution is 6.06. The molecule has 0 saturated carbocycles. The molecule has 5 rings (SSSR count). The van der Waals surface area contributed by atoms with Crippen LogP contribution in [0, 0.1) is 20.8 Å². The fourth-order valence-electron chi connectivity index (χ4n) is 3.81. The van der Waals surface area contributed by atoms with E-state index in [1.807, 2.05) is 69.3 Å². The number of aryl methyl sites for hydroxylation is 3. The second-order valence-corrected chi connectivity index (χ2v) is 8.09. The van der Waals surface area contributed by atoms with Crippen LogP contribution in [0.5, 0.6) is 11.6 Å². The molecule has 34 heavy (non-hydrogen) atoms. The van der Waals surface area contributed by atoms with Crippen LogP contribution in [0.3, 0.4) is 0 Å². The Labute approximate surface area is 197 Å². The fraction of sp³-hybridized carbons (Fsp3) is 0.111. The summed E-state index contributed by atoms with van der Waals surface area (Å²) in [6, 6.07) is 24.5. The van der Waals surface area contributed by atoms with Gasteiger partial charge >= 0.3 is 0 Å². The maximum atomic E-state index is 12.7. The van der Waals surface area contributed by atoms with Gasteiger partial charge in [-0.2, -0.15) is 10.1 Å². The summed E-state index contributed by atoms with van der Waals surface area (Å²) in [6.07, 6.45) is 0. The number of benzene rings is 3. The number of nitrogens with zero attached hydrogens (tertiary/aromatic N) is 4. The molecule has 5 aromatic rings. The summed E-state index contributed by atoms with van der Waals surface area (Å²) < 4.78 is 7.72. The van der Waals surface area contributed by atoms with Crippen LogP contribution in [0.2, 0.25) is 0 Å². The van der Waals surface area contributed by atoms with Gasteiger partial charge in [0.25, 0.3) is 5.91 Å². The lowest BCUT2D eigenvalue weighted by Crippen LogP contribution is -2.11. The molecule has 0 aliphatic carbocycles. The third-order valence-electron chi connectivity index (χ3n) is 5.37. The number of hydrogen-bond acceptors (Lipinski definition) is 5. The van der Waals surface area contributed by atoms with Crippen LogP contribution in [-0.4, -0.2) is 25.7 Å². The van der Waals surface area contributed by atoms with E-state index in [4.69, 9.17) is 4.74 Å². The molecule has 0 unspecified atom stereocenters. The van der Waals surface area contributed by atoms with E-state index in [0.29, 0.717) is 34.5 Å². The zero-order valence-corrected chi connectivity index (χ0v) is 19.1. The van der Waals surface area contributed by atoms with E-state index >= 15 is 0 Å². The summed E-state index contributed by atoms with van der Waals surface area (Å²) >= 11 is 0. The monoisotopic (exact) mass is 449 g/mol. The third kappa shape index (κ3) is 4.49. The van der Waals surface area contributed by atoms with Crippen molar-refractivity contribution in [3.05, 3.63) is 102 Å². The second-order valence-electron chi connectivity index (χ2n) is 8.09. The molecule has 168 valence electrons. The van der Waals surface area contributed by atoms with Crippen LogP contribution in [0.25, 0.3) is 16.6 Å². The van der Waals surface area contributed by atoms with Gasteiger partial charge in [0.15, 0.2) is 5.82 Å². The van der Waals surface area contributed by atoms with E-state index in [2.05, 4.69) is 20.4 Å². The predicted octanol–water partition coefficient (Wildman–Crippen LogP) is 5.79. The van der Waals surface area contributed by atoms with Crippen LogP contribution in [0.4, 0.5) is 5.69 Å². The first-order chi connectivity index (χ1) is 16.4. The van der Waals surface area contributed by atoms with Gasteiger partial charge in [0, 0.05) is 23.0 Å². The van der Waals surface area contributed by atoms with E-state index in [-0.39, 0.29) is 5.91 Å². The number of rotatable bonds is 5. The number of carbonyl (C=O) groups excluding carboxylic acids is 1. The van der Waals surface area contributed by atoms with Crippen LogP contribution in [0.1, 0.15) is 27.6 Å². The Hall–Kier alpha value is -4.52. The molecule has 0 aliphatic heterocycles. The molecule has 7 heteroatoms. The topological polar surface area (TPSA) is 81.9 Å². The number of anilines is 1. The first-order valence-electron chi connectivity index (χ1n) is 10.9. The summed E-state index contributed by atoms with van der Waals surface area (Å²) in [5.74, 6) is 2.08. The Kier molecular flexibility index (Phi) is 5.51. The first-order valence-corrected chi connectivity index (χ1v) is 10.9.